The van der Waals surface area contributed by atoms with Crippen LogP contribution >= 0.6 is 0 Å². The number of nitrogens with zero attached hydrogens (tertiary/aromatic N) is 2. The molecular formula is C18H23F3N2O. The van der Waals surface area contributed by atoms with Crippen molar-refractivity contribution < 1.29 is 18.0 Å². The van der Waals surface area contributed by atoms with Crippen molar-refractivity contribution in [2.45, 2.75) is 38.5 Å². The summed E-state index contributed by atoms with van der Waals surface area (Å²) in [7, 11) is 1.77. The van der Waals surface area contributed by atoms with Crippen molar-refractivity contribution in [3.63, 3.8) is 0 Å². The van der Waals surface area contributed by atoms with Gasteiger partial charge in [-0.25, -0.2) is 0 Å². The quantitative estimate of drug-likeness (QED) is 0.781. The van der Waals surface area contributed by atoms with Crippen LogP contribution in [0.3, 0.4) is 0 Å². The van der Waals surface area contributed by atoms with E-state index < -0.39 is 11.7 Å². The number of benzene rings is 1. The molecule has 1 aromatic carbocycles. The normalized spacial score (nSPS) is 19.4. The van der Waals surface area contributed by atoms with Crippen LogP contribution in [0.15, 0.2) is 30.3 Å². The van der Waals surface area contributed by atoms with Crippen molar-refractivity contribution in [1.29, 1.82) is 0 Å². The number of likely N-dealkylation sites (N-methyl/N-ethyl adjacent to an activating group) is 1. The van der Waals surface area contributed by atoms with Gasteiger partial charge in [-0.15, -0.1) is 0 Å². The smallest absolute Gasteiger partial charge is 0.338 e. The molecule has 1 aliphatic heterocycles. The minimum Gasteiger partial charge on any atom is -0.338 e. The topological polar surface area (TPSA) is 23.6 Å². The third-order valence-corrected chi connectivity index (χ3v) is 4.48. The number of carbonyl (C=O) groups is 1. The van der Waals surface area contributed by atoms with Crippen LogP contribution in [-0.2, 0) is 11.0 Å². The van der Waals surface area contributed by atoms with Crippen molar-refractivity contribution in [2.24, 2.45) is 0 Å². The molecule has 1 amide bonds. The number of likely N-dealkylation sites (tertiary alicyclic amines) is 1. The number of rotatable bonds is 4. The molecule has 1 aliphatic rings. The van der Waals surface area contributed by atoms with E-state index in [1.165, 1.54) is 18.2 Å². The maximum atomic E-state index is 12.5. The lowest BCUT2D eigenvalue weighted by molar-refractivity contribution is -0.137. The van der Waals surface area contributed by atoms with Gasteiger partial charge < -0.3 is 4.90 Å². The number of alkyl halides is 3. The van der Waals surface area contributed by atoms with Crippen LogP contribution in [0.4, 0.5) is 13.2 Å². The first-order chi connectivity index (χ1) is 11.2. The lowest BCUT2D eigenvalue weighted by Crippen LogP contribution is -2.39. The molecule has 0 aromatic heterocycles. The zero-order valence-corrected chi connectivity index (χ0v) is 14.2. The monoisotopic (exact) mass is 340 g/mol. The standard InChI is InChI=1S/C18H23F3N2O/c1-13(2)23-11-10-16(12-23)22(3)17(24)9-6-14-4-7-15(8-5-14)18(19,20)21/h4-9,13,16H,10-12H2,1-3H3. The Labute approximate surface area is 140 Å². The Bertz CT molecular complexity index is 593. The van der Waals surface area contributed by atoms with Crippen LogP contribution in [-0.4, -0.2) is 47.9 Å². The molecule has 1 saturated heterocycles. The molecule has 0 radical (unpaired) electrons. The van der Waals surface area contributed by atoms with Gasteiger partial charge in [-0.05, 0) is 44.0 Å². The highest BCUT2D eigenvalue weighted by Gasteiger charge is 2.30. The molecule has 1 unspecified atom stereocenters. The molecule has 0 aliphatic carbocycles. The second-order valence-corrected chi connectivity index (χ2v) is 6.43. The molecule has 24 heavy (non-hydrogen) atoms. The minimum absolute atomic E-state index is 0.134. The summed E-state index contributed by atoms with van der Waals surface area (Å²) in [5.74, 6) is -0.134. The molecule has 0 N–H and O–H groups in total. The number of hydrogen-bond acceptors (Lipinski definition) is 2. The van der Waals surface area contributed by atoms with Crippen LogP contribution in [0.1, 0.15) is 31.4 Å². The fourth-order valence-electron chi connectivity index (χ4n) is 2.80. The summed E-state index contributed by atoms with van der Waals surface area (Å²) in [4.78, 5) is 16.3. The molecule has 0 spiro atoms. The molecule has 3 nitrogen and oxygen atoms in total. The average molecular weight is 340 g/mol. The molecule has 1 atom stereocenters. The van der Waals surface area contributed by atoms with Gasteiger partial charge in [-0.2, -0.15) is 13.2 Å². The Hall–Kier alpha value is -1.82. The summed E-state index contributed by atoms with van der Waals surface area (Å²) in [6.45, 7) is 6.10. The van der Waals surface area contributed by atoms with Crippen molar-refractivity contribution in [1.82, 2.24) is 9.80 Å². The zero-order valence-electron chi connectivity index (χ0n) is 14.2. The second kappa shape index (κ2) is 7.38. The van der Waals surface area contributed by atoms with Gasteiger partial charge in [0, 0.05) is 38.3 Å². The first kappa shape index (κ1) is 18.5. The third kappa shape index (κ3) is 4.60. The number of hydrogen-bond donors (Lipinski definition) is 0. The van der Waals surface area contributed by atoms with Gasteiger partial charge in [-0.3, -0.25) is 9.69 Å². The lowest BCUT2D eigenvalue weighted by Gasteiger charge is -2.25. The SMILES string of the molecule is CC(C)N1CCC(N(C)C(=O)C=Cc2ccc(C(F)(F)F)cc2)C1. The summed E-state index contributed by atoms with van der Waals surface area (Å²) in [5, 5.41) is 0. The third-order valence-electron chi connectivity index (χ3n) is 4.48. The number of halogens is 3. The molecule has 1 fully saturated rings. The van der Waals surface area contributed by atoms with Gasteiger partial charge in [0.15, 0.2) is 0 Å². The van der Waals surface area contributed by atoms with Gasteiger partial charge in [0.05, 0.1) is 5.56 Å². The van der Waals surface area contributed by atoms with E-state index in [4.69, 9.17) is 0 Å². The molecule has 1 aromatic rings. The highest BCUT2D eigenvalue weighted by atomic mass is 19.4. The summed E-state index contributed by atoms with van der Waals surface area (Å²) in [6.07, 6.45) is -0.438. The number of carbonyl (C=O) groups excluding carboxylic acids is 1. The number of amides is 1. The molecule has 6 heteroatoms. The van der Waals surface area contributed by atoms with Gasteiger partial charge in [0.1, 0.15) is 0 Å². The Morgan fingerprint density at radius 1 is 1.29 bits per heavy atom. The molecule has 132 valence electrons. The van der Waals surface area contributed by atoms with Crippen molar-refractivity contribution >= 4 is 12.0 Å². The highest BCUT2D eigenvalue weighted by Crippen LogP contribution is 2.29. The van der Waals surface area contributed by atoms with Gasteiger partial charge in [0.25, 0.3) is 0 Å². The second-order valence-electron chi connectivity index (χ2n) is 6.43. The zero-order chi connectivity index (χ0) is 17.9. The van der Waals surface area contributed by atoms with E-state index in [-0.39, 0.29) is 11.9 Å². The van der Waals surface area contributed by atoms with Crippen LogP contribution in [0.5, 0.6) is 0 Å². The van der Waals surface area contributed by atoms with Crippen LogP contribution in [0, 0.1) is 0 Å². The minimum atomic E-state index is -4.34. The molecule has 1 heterocycles. The van der Waals surface area contributed by atoms with Crippen molar-refractivity contribution in [3.8, 4) is 0 Å². The summed E-state index contributed by atoms with van der Waals surface area (Å²) in [5.41, 5.74) is -0.122. The van der Waals surface area contributed by atoms with Crippen LogP contribution in [0.25, 0.3) is 6.08 Å². The molecule has 2 rings (SSSR count). The maximum absolute atomic E-state index is 12.5. The summed E-state index contributed by atoms with van der Waals surface area (Å²) in [6, 6.07) is 5.40. The van der Waals surface area contributed by atoms with Crippen LogP contribution < -0.4 is 0 Å². The van der Waals surface area contributed by atoms with Crippen molar-refractivity contribution in [3.05, 3.63) is 41.5 Å². The first-order valence-electron chi connectivity index (χ1n) is 8.04. The Morgan fingerprint density at radius 3 is 2.42 bits per heavy atom. The predicted molar refractivity (Wildman–Crippen MR) is 88.4 cm³/mol. The fourth-order valence-corrected chi connectivity index (χ4v) is 2.80. The van der Waals surface area contributed by atoms with E-state index in [2.05, 4.69) is 18.7 Å². The lowest BCUT2D eigenvalue weighted by atomic mass is 10.1. The largest absolute Gasteiger partial charge is 0.416 e. The Balaban J connectivity index is 1.95. The fraction of sp³-hybridized carbons (Fsp3) is 0.500. The van der Waals surface area contributed by atoms with Gasteiger partial charge >= 0.3 is 6.18 Å². The summed E-state index contributed by atoms with van der Waals surface area (Å²) >= 11 is 0. The van der Waals surface area contributed by atoms with E-state index in [0.717, 1.165) is 31.6 Å². The van der Waals surface area contributed by atoms with E-state index >= 15 is 0 Å². The van der Waals surface area contributed by atoms with E-state index in [1.807, 2.05) is 0 Å². The highest BCUT2D eigenvalue weighted by molar-refractivity contribution is 5.91. The van der Waals surface area contributed by atoms with E-state index in [9.17, 15) is 18.0 Å². The average Bonchev–Trinajstić information content (AvgIpc) is 3.01. The summed E-state index contributed by atoms with van der Waals surface area (Å²) < 4.78 is 37.6. The molecule has 0 saturated carbocycles. The molecular weight excluding hydrogens is 317 g/mol. The van der Waals surface area contributed by atoms with E-state index in [0.29, 0.717) is 11.6 Å². The van der Waals surface area contributed by atoms with Crippen LogP contribution in [0.2, 0.25) is 0 Å². The maximum Gasteiger partial charge on any atom is 0.416 e. The molecule has 0 bridgehead atoms. The van der Waals surface area contributed by atoms with E-state index in [1.54, 1.807) is 18.0 Å². The Morgan fingerprint density at radius 2 is 1.92 bits per heavy atom. The Kier molecular flexibility index (Phi) is 5.70. The van der Waals surface area contributed by atoms with Crippen molar-refractivity contribution in [2.75, 3.05) is 20.1 Å². The predicted octanol–water partition coefficient (Wildman–Crippen LogP) is 3.66. The van der Waals surface area contributed by atoms with Gasteiger partial charge in [-0.1, -0.05) is 12.1 Å². The van der Waals surface area contributed by atoms with Gasteiger partial charge in [0.2, 0.25) is 5.91 Å². The first-order valence-corrected chi connectivity index (χ1v) is 8.04.